The molecule has 0 radical (unpaired) electrons. The zero-order valence-corrected chi connectivity index (χ0v) is 12.6. The monoisotopic (exact) mass is 341 g/mol. The summed E-state index contributed by atoms with van der Waals surface area (Å²) >= 11 is 0. The summed E-state index contributed by atoms with van der Waals surface area (Å²) in [7, 11) is 0. The van der Waals surface area contributed by atoms with E-state index in [1.54, 1.807) is 6.07 Å². The number of hydrogen-bond donors (Lipinski definition) is 0. The molecule has 124 valence electrons. The third kappa shape index (κ3) is 2.82. The average molecular weight is 341 g/mol. The van der Waals surface area contributed by atoms with Gasteiger partial charge in [-0.3, -0.25) is 0 Å². The highest BCUT2D eigenvalue weighted by Crippen LogP contribution is 2.30. The molecule has 0 aliphatic carbocycles. The van der Waals surface area contributed by atoms with Crippen molar-refractivity contribution >= 4 is 10.9 Å². The maximum Gasteiger partial charge on any atom is 0.416 e. The van der Waals surface area contributed by atoms with Crippen molar-refractivity contribution in [2.24, 2.45) is 0 Å². The Kier molecular flexibility index (Phi) is 3.45. The Labute approximate surface area is 139 Å². The molecule has 4 rings (SSSR count). The van der Waals surface area contributed by atoms with Gasteiger partial charge in [-0.2, -0.15) is 17.9 Å². The third-order valence-electron chi connectivity index (χ3n) is 3.74. The lowest BCUT2D eigenvalue weighted by atomic mass is 10.2. The normalized spacial score (nSPS) is 11.8. The Morgan fingerprint density at radius 2 is 1.60 bits per heavy atom. The van der Waals surface area contributed by atoms with E-state index in [9.17, 15) is 13.2 Å². The Morgan fingerprint density at radius 3 is 2.36 bits per heavy atom. The van der Waals surface area contributed by atoms with Crippen molar-refractivity contribution in [2.45, 2.75) is 6.18 Å². The summed E-state index contributed by atoms with van der Waals surface area (Å²) < 4.78 is 39.5. The first-order chi connectivity index (χ1) is 12.0. The highest BCUT2D eigenvalue weighted by molar-refractivity contribution is 5.80. The van der Waals surface area contributed by atoms with Gasteiger partial charge in [0.25, 0.3) is 0 Å². The van der Waals surface area contributed by atoms with Crippen molar-refractivity contribution < 1.29 is 13.2 Å². The van der Waals surface area contributed by atoms with E-state index in [-0.39, 0.29) is 0 Å². The summed E-state index contributed by atoms with van der Waals surface area (Å²) in [6, 6.07) is 15.9. The molecule has 0 aliphatic rings. The number of aromatic nitrogens is 5. The molecule has 5 nitrogen and oxygen atoms in total. The second-order valence-corrected chi connectivity index (χ2v) is 5.35. The highest BCUT2D eigenvalue weighted by atomic mass is 19.4. The maximum absolute atomic E-state index is 12.7. The molecule has 0 N–H and O–H groups in total. The van der Waals surface area contributed by atoms with Crippen LogP contribution < -0.4 is 0 Å². The fourth-order valence-electron chi connectivity index (χ4n) is 2.50. The van der Waals surface area contributed by atoms with E-state index in [1.807, 2.05) is 30.3 Å². The second-order valence-electron chi connectivity index (χ2n) is 5.35. The summed E-state index contributed by atoms with van der Waals surface area (Å²) in [5.74, 6) is 0.352. The van der Waals surface area contributed by atoms with Gasteiger partial charge in [-0.25, -0.2) is 4.98 Å². The molecule has 0 saturated heterocycles. The molecule has 0 unspecified atom stereocenters. The molecule has 25 heavy (non-hydrogen) atoms. The predicted molar refractivity (Wildman–Crippen MR) is 84.9 cm³/mol. The van der Waals surface area contributed by atoms with Crippen LogP contribution in [0.3, 0.4) is 0 Å². The number of hydrogen-bond acceptors (Lipinski definition) is 4. The summed E-state index contributed by atoms with van der Waals surface area (Å²) in [5.41, 5.74) is 1.00. The zero-order chi connectivity index (χ0) is 17.4. The molecule has 0 amide bonds. The van der Waals surface area contributed by atoms with E-state index in [4.69, 9.17) is 0 Å². The van der Waals surface area contributed by atoms with E-state index in [1.165, 1.54) is 16.8 Å². The van der Waals surface area contributed by atoms with Crippen molar-refractivity contribution in [3.8, 4) is 17.2 Å². The van der Waals surface area contributed by atoms with Crippen LogP contribution in [0.5, 0.6) is 0 Å². The van der Waals surface area contributed by atoms with Gasteiger partial charge in [0.1, 0.15) is 5.69 Å². The van der Waals surface area contributed by atoms with Crippen LogP contribution in [-0.2, 0) is 6.18 Å². The lowest BCUT2D eigenvalue weighted by Crippen LogP contribution is -2.06. The van der Waals surface area contributed by atoms with Gasteiger partial charge in [-0.05, 0) is 46.8 Å². The number of benzene rings is 2. The van der Waals surface area contributed by atoms with Crippen LogP contribution in [0.4, 0.5) is 13.2 Å². The third-order valence-corrected chi connectivity index (χ3v) is 3.74. The minimum absolute atomic E-state index is 0.352. The maximum atomic E-state index is 12.7. The van der Waals surface area contributed by atoms with Gasteiger partial charge in [0.05, 0.1) is 16.8 Å². The van der Waals surface area contributed by atoms with Crippen molar-refractivity contribution in [3.05, 3.63) is 66.2 Å². The average Bonchev–Trinajstić information content (AvgIpc) is 3.10. The number of rotatable bonds is 2. The minimum atomic E-state index is -4.39. The van der Waals surface area contributed by atoms with Gasteiger partial charge in [-0.1, -0.05) is 24.3 Å². The molecule has 0 fully saturated rings. The smallest absolute Gasteiger partial charge is 0.244 e. The number of halogens is 3. The summed E-state index contributed by atoms with van der Waals surface area (Å²) in [6.45, 7) is 0. The number of nitrogens with zero attached hydrogens (tertiary/aromatic N) is 5. The first-order valence-electron chi connectivity index (χ1n) is 7.34. The van der Waals surface area contributed by atoms with E-state index < -0.39 is 11.7 Å². The van der Waals surface area contributed by atoms with Crippen LogP contribution in [-0.4, -0.2) is 25.2 Å². The summed E-state index contributed by atoms with van der Waals surface area (Å²) in [6.07, 6.45) is -4.39. The van der Waals surface area contributed by atoms with Crippen molar-refractivity contribution in [1.82, 2.24) is 25.2 Å². The standard InChI is InChI=1S/C17H10F3N5/c18-17(19,20)12-6-8-13(9-7-12)25-16(22-23-24-25)15-10-5-11-3-1-2-4-14(11)21-15/h1-10H. The van der Waals surface area contributed by atoms with E-state index in [2.05, 4.69) is 20.5 Å². The molecule has 0 atom stereocenters. The molecule has 4 aromatic rings. The lowest BCUT2D eigenvalue weighted by Gasteiger charge is -2.08. The second kappa shape index (κ2) is 5.66. The van der Waals surface area contributed by atoms with Crippen LogP contribution in [0.15, 0.2) is 60.7 Å². The first-order valence-corrected chi connectivity index (χ1v) is 7.34. The quantitative estimate of drug-likeness (QED) is 0.555. The fraction of sp³-hybridized carbons (Fsp3) is 0.0588. The van der Waals surface area contributed by atoms with Crippen LogP contribution >= 0.6 is 0 Å². The number of fused-ring (bicyclic) bond motifs is 1. The van der Waals surface area contributed by atoms with E-state index in [0.717, 1.165) is 23.0 Å². The number of pyridine rings is 1. The van der Waals surface area contributed by atoms with Crippen LogP contribution in [0.1, 0.15) is 5.56 Å². The first kappa shape index (κ1) is 15.3. The van der Waals surface area contributed by atoms with Gasteiger partial charge in [0.15, 0.2) is 0 Å². The van der Waals surface area contributed by atoms with Gasteiger partial charge >= 0.3 is 6.18 Å². The Balaban J connectivity index is 1.77. The lowest BCUT2D eigenvalue weighted by molar-refractivity contribution is -0.137. The SMILES string of the molecule is FC(F)(F)c1ccc(-n2nnnc2-c2ccc3ccccc3n2)cc1. The fourth-order valence-corrected chi connectivity index (χ4v) is 2.50. The molecule has 0 bridgehead atoms. The Morgan fingerprint density at radius 1 is 0.840 bits per heavy atom. The molecular formula is C17H10F3N5. The summed E-state index contributed by atoms with van der Waals surface area (Å²) in [5, 5.41) is 12.4. The number of para-hydroxylation sites is 1. The molecule has 2 aromatic heterocycles. The molecule has 2 aromatic carbocycles. The summed E-state index contributed by atoms with van der Waals surface area (Å²) in [4.78, 5) is 4.52. The van der Waals surface area contributed by atoms with E-state index in [0.29, 0.717) is 17.2 Å². The van der Waals surface area contributed by atoms with Crippen LogP contribution in [0.25, 0.3) is 28.1 Å². The van der Waals surface area contributed by atoms with Gasteiger partial charge in [0, 0.05) is 5.39 Å². The van der Waals surface area contributed by atoms with E-state index >= 15 is 0 Å². The van der Waals surface area contributed by atoms with Crippen molar-refractivity contribution in [1.29, 1.82) is 0 Å². The Hall–Kier alpha value is -3.29. The Bertz CT molecular complexity index is 1040. The minimum Gasteiger partial charge on any atom is -0.244 e. The van der Waals surface area contributed by atoms with Gasteiger partial charge < -0.3 is 0 Å². The zero-order valence-electron chi connectivity index (χ0n) is 12.6. The predicted octanol–water partition coefficient (Wildman–Crippen LogP) is 3.90. The topological polar surface area (TPSA) is 56.5 Å². The molecular weight excluding hydrogens is 331 g/mol. The van der Waals surface area contributed by atoms with Gasteiger partial charge in [0.2, 0.25) is 5.82 Å². The van der Waals surface area contributed by atoms with Crippen LogP contribution in [0.2, 0.25) is 0 Å². The highest BCUT2D eigenvalue weighted by Gasteiger charge is 2.30. The van der Waals surface area contributed by atoms with Crippen LogP contribution in [0, 0.1) is 0 Å². The largest absolute Gasteiger partial charge is 0.416 e. The molecule has 2 heterocycles. The molecule has 0 aliphatic heterocycles. The molecule has 0 saturated carbocycles. The molecule has 0 spiro atoms. The number of tetrazole rings is 1. The number of alkyl halides is 3. The van der Waals surface area contributed by atoms with Crippen molar-refractivity contribution in [3.63, 3.8) is 0 Å². The van der Waals surface area contributed by atoms with Gasteiger partial charge in [-0.15, -0.1) is 5.10 Å². The van der Waals surface area contributed by atoms with Crippen molar-refractivity contribution in [2.75, 3.05) is 0 Å². The molecule has 8 heteroatoms.